The molecule has 3 heterocycles. The fourth-order valence-corrected chi connectivity index (χ4v) is 10.7. The third kappa shape index (κ3) is 9.86. The molecule has 0 aliphatic carbocycles. The number of benzene rings is 7. The number of pyridine rings is 1. The van der Waals surface area contributed by atoms with Gasteiger partial charge in [-0.25, -0.2) is 4.98 Å². The number of hydrogen-bond acceptors (Lipinski definition) is 4. The zero-order valence-corrected chi connectivity index (χ0v) is 48.6. The van der Waals surface area contributed by atoms with Gasteiger partial charge in [0.1, 0.15) is 5.82 Å². The first-order valence-electron chi connectivity index (χ1n) is 25.9. The predicted molar refractivity (Wildman–Crippen MR) is 309 cm³/mol. The molecule has 6 heteroatoms. The summed E-state index contributed by atoms with van der Waals surface area (Å²) < 4.78 is 9.29. The summed E-state index contributed by atoms with van der Waals surface area (Å²) in [6.07, 6.45) is 1.93. The van der Waals surface area contributed by atoms with Crippen LogP contribution < -0.4 is 14.5 Å². The van der Waals surface area contributed by atoms with Crippen LogP contribution in [0.3, 0.4) is 0 Å². The first kappa shape index (κ1) is 52.4. The Morgan fingerprint density at radius 2 is 0.986 bits per heavy atom. The number of anilines is 4. The molecular formula is C68H71N4OPt-3. The van der Waals surface area contributed by atoms with Gasteiger partial charge in [0.25, 0.3) is 0 Å². The zero-order valence-electron chi connectivity index (χ0n) is 46.3. The Morgan fingerprint density at radius 1 is 0.473 bits per heavy atom. The monoisotopic (exact) mass is 1150 g/mol. The van der Waals surface area contributed by atoms with E-state index in [1.807, 2.05) is 12.3 Å². The van der Waals surface area contributed by atoms with Gasteiger partial charge in [0, 0.05) is 61.3 Å². The van der Waals surface area contributed by atoms with Crippen LogP contribution in [0, 0.1) is 46.5 Å². The van der Waals surface area contributed by atoms with Crippen LogP contribution in [0.25, 0.3) is 49.9 Å². The molecule has 0 bridgehead atoms. The second kappa shape index (κ2) is 19.1. The topological polar surface area (TPSA) is 33.5 Å². The molecular weight excluding hydrogens is 1080 g/mol. The zero-order chi connectivity index (χ0) is 52.1. The van der Waals surface area contributed by atoms with E-state index in [9.17, 15) is 0 Å². The molecule has 0 unspecified atom stereocenters. The Labute approximate surface area is 455 Å². The number of hydrogen-bond donors (Lipinski definition) is 0. The maximum absolute atomic E-state index is 7.06. The molecule has 5 nitrogen and oxygen atoms in total. The van der Waals surface area contributed by atoms with Gasteiger partial charge in [0.2, 0.25) is 0 Å². The molecule has 0 saturated heterocycles. The molecule has 0 amide bonds. The van der Waals surface area contributed by atoms with E-state index in [0.717, 1.165) is 61.5 Å². The molecule has 0 fully saturated rings. The van der Waals surface area contributed by atoms with Gasteiger partial charge in [-0.05, 0) is 158 Å². The van der Waals surface area contributed by atoms with E-state index in [-0.39, 0.29) is 42.7 Å². The molecule has 0 atom stereocenters. The van der Waals surface area contributed by atoms with Crippen molar-refractivity contribution in [2.75, 3.05) is 9.80 Å². The minimum Gasteiger partial charge on any atom is -0.509 e. The summed E-state index contributed by atoms with van der Waals surface area (Å²) >= 11 is 0. The maximum Gasteiger partial charge on any atom is 0.136 e. The summed E-state index contributed by atoms with van der Waals surface area (Å²) in [5.41, 5.74) is 21.0. The smallest absolute Gasteiger partial charge is 0.136 e. The Morgan fingerprint density at radius 3 is 1.55 bits per heavy atom. The summed E-state index contributed by atoms with van der Waals surface area (Å²) in [5.74, 6) is 2.02. The molecule has 9 aromatic rings. The van der Waals surface area contributed by atoms with Gasteiger partial charge >= 0.3 is 0 Å². The van der Waals surface area contributed by atoms with Crippen LogP contribution in [-0.2, 0) is 42.7 Å². The number of ether oxygens (including phenoxy) is 1. The van der Waals surface area contributed by atoms with Crippen LogP contribution in [0.4, 0.5) is 22.7 Å². The van der Waals surface area contributed by atoms with E-state index in [0.29, 0.717) is 11.5 Å². The molecule has 0 N–H and O–H groups in total. The first-order valence-corrected chi connectivity index (χ1v) is 25.9. The summed E-state index contributed by atoms with van der Waals surface area (Å²) in [5, 5.41) is 2.21. The Bertz CT molecular complexity index is 3550. The second-order valence-electron chi connectivity index (χ2n) is 24.6. The van der Waals surface area contributed by atoms with Crippen molar-refractivity contribution >= 4 is 44.6 Å². The van der Waals surface area contributed by atoms with E-state index in [2.05, 4.69) is 265 Å². The molecule has 382 valence electrons. The predicted octanol–water partition coefficient (Wildman–Crippen LogP) is 18.7. The Hall–Kier alpha value is -6.42. The minimum absolute atomic E-state index is 0. The van der Waals surface area contributed by atoms with E-state index in [4.69, 9.17) is 9.72 Å². The largest absolute Gasteiger partial charge is 0.509 e. The maximum atomic E-state index is 7.06. The number of rotatable bonds is 7. The van der Waals surface area contributed by atoms with Gasteiger partial charge < -0.3 is 19.1 Å². The number of aromatic nitrogens is 2. The van der Waals surface area contributed by atoms with Crippen molar-refractivity contribution in [2.45, 2.75) is 132 Å². The number of fused-ring (bicyclic) bond motifs is 4. The van der Waals surface area contributed by atoms with Gasteiger partial charge in [0.05, 0.1) is 0 Å². The van der Waals surface area contributed by atoms with Crippen LogP contribution in [0.5, 0.6) is 11.5 Å². The first-order chi connectivity index (χ1) is 34.3. The van der Waals surface area contributed by atoms with Crippen molar-refractivity contribution in [3.05, 3.63) is 197 Å². The molecule has 2 aromatic heterocycles. The average molecular weight is 1160 g/mol. The number of nitrogens with zero attached hydrogens (tertiary/aromatic N) is 4. The summed E-state index contributed by atoms with van der Waals surface area (Å²) in [6, 6.07) is 54.2. The van der Waals surface area contributed by atoms with Crippen molar-refractivity contribution in [3.63, 3.8) is 0 Å². The van der Waals surface area contributed by atoms with Crippen LogP contribution in [0.15, 0.2) is 134 Å². The van der Waals surface area contributed by atoms with E-state index >= 15 is 0 Å². The molecule has 0 radical (unpaired) electrons. The fourth-order valence-electron chi connectivity index (χ4n) is 10.7. The van der Waals surface area contributed by atoms with Gasteiger partial charge in [-0.1, -0.05) is 149 Å². The summed E-state index contributed by atoms with van der Waals surface area (Å²) in [7, 11) is 0. The standard InChI is InChI=1S/C68H71N4O.Pt/c1-42-29-48(65(5,6)7)30-43(2)63(42)46-27-28-69-62(35-46)72-58-22-18-17-21-56(58)57-26-25-54(40-61(57)72)73-55-34-47(64-44(3)31-49(32-45(64)4)66(8,9)10)33-52(39-55)70-41-71(60-24-20-19-23-59(60)70)53-37-50(67(11,12)13)36-51(38-53)68(14,15)16;/h17-38,41H,1-16H3;/q-3;. The quantitative estimate of drug-likeness (QED) is 0.149. The van der Waals surface area contributed by atoms with Gasteiger partial charge in [0.15, 0.2) is 0 Å². The molecule has 1 aliphatic heterocycles. The van der Waals surface area contributed by atoms with Crippen LogP contribution >= 0.6 is 0 Å². The number of aryl methyl sites for hydroxylation is 4. The summed E-state index contributed by atoms with van der Waals surface area (Å²) in [4.78, 5) is 9.64. The second-order valence-corrected chi connectivity index (χ2v) is 24.6. The number of para-hydroxylation sites is 3. The van der Waals surface area contributed by atoms with Crippen LogP contribution in [-0.4, -0.2) is 9.55 Å². The molecule has 10 rings (SSSR count). The van der Waals surface area contributed by atoms with Crippen molar-refractivity contribution in [3.8, 4) is 39.6 Å². The molecule has 7 aromatic carbocycles. The minimum atomic E-state index is -0.0341. The third-order valence-corrected chi connectivity index (χ3v) is 14.8. The average Bonchev–Trinajstić information content (AvgIpc) is 3.86. The molecule has 0 spiro atoms. The third-order valence-electron chi connectivity index (χ3n) is 14.8. The van der Waals surface area contributed by atoms with E-state index in [1.165, 1.54) is 55.6 Å². The van der Waals surface area contributed by atoms with E-state index < -0.39 is 0 Å². The van der Waals surface area contributed by atoms with Crippen molar-refractivity contribution in [1.29, 1.82) is 0 Å². The summed E-state index contributed by atoms with van der Waals surface area (Å²) in [6.45, 7) is 38.6. The van der Waals surface area contributed by atoms with E-state index in [1.54, 1.807) is 0 Å². The Kier molecular flexibility index (Phi) is 13.5. The molecule has 0 saturated carbocycles. The van der Waals surface area contributed by atoms with Crippen molar-refractivity contribution in [2.24, 2.45) is 0 Å². The van der Waals surface area contributed by atoms with Gasteiger partial charge in [-0.2, -0.15) is 6.07 Å². The van der Waals surface area contributed by atoms with Crippen LogP contribution in [0.2, 0.25) is 0 Å². The van der Waals surface area contributed by atoms with Crippen molar-refractivity contribution in [1.82, 2.24) is 9.55 Å². The normalized spacial score (nSPS) is 13.2. The van der Waals surface area contributed by atoms with Gasteiger partial charge in [-0.3, -0.25) is 0 Å². The SMILES string of the molecule is Cc1cc(C(C)(C)C)cc(C)c1-c1cc(Oc2[c-]c3c(cc2)c2ccccc2n3-c2cc(-c3c(C)cc(C(C)(C)C)cc3C)ccn2)[c-]c(N2[CH-]N(c3cc(C(C)(C)C)cc(C(C)(C)C)c3)c3ccccc32)c1.[Pt]. The van der Waals surface area contributed by atoms with Crippen molar-refractivity contribution < 1.29 is 25.8 Å². The Balaban J connectivity index is 0.00000672. The van der Waals surface area contributed by atoms with Crippen LogP contribution in [0.1, 0.15) is 128 Å². The van der Waals surface area contributed by atoms with Gasteiger partial charge in [-0.15, -0.1) is 53.6 Å². The molecule has 74 heavy (non-hydrogen) atoms. The molecule has 1 aliphatic rings. The fraction of sp³-hybridized carbons (Fsp3) is 0.294.